The Labute approximate surface area is 118 Å². The summed E-state index contributed by atoms with van der Waals surface area (Å²) in [6.07, 6.45) is 0.704. The van der Waals surface area contributed by atoms with Gasteiger partial charge in [-0.05, 0) is 65.1 Å². The maximum absolute atomic E-state index is 10.6. The van der Waals surface area contributed by atoms with Gasteiger partial charge in [0, 0.05) is 9.13 Å². The van der Waals surface area contributed by atoms with E-state index in [0.717, 1.165) is 3.57 Å². The molecule has 0 radical (unpaired) electrons. The largest absolute Gasteiger partial charge is 0.456 e. The molecule has 0 bridgehead atoms. The van der Waals surface area contributed by atoms with Gasteiger partial charge in [0.1, 0.15) is 23.9 Å². The van der Waals surface area contributed by atoms with E-state index in [1.54, 1.807) is 12.1 Å². The minimum atomic E-state index is 0.346. The average Bonchev–Trinajstić information content (AvgIpc) is 2.41. The maximum Gasteiger partial charge on any atom is 0.150 e. The van der Waals surface area contributed by atoms with E-state index in [0.29, 0.717) is 28.9 Å². The molecule has 0 aliphatic carbocycles. The van der Waals surface area contributed by atoms with Crippen molar-refractivity contribution in [3.05, 3.63) is 57.2 Å². The molecule has 88 valence electrons. The van der Waals surface area contributed by atoms with Gasteiger partial charge in [-0.25, -0.2) is 0 Å². The molecule has 2 aromatic carbocycles. The van der Waals surface area contributed by atoms with Crippen molar-refractivity contribution in [2.45, 2.75) is 0 Å². The highest BCUT2D eigenvalue weighted by molar-refractivity contribution is 14.1. The Hall–Kier alpha value is -1.87. The van der Waals surface area contributed by atoms with Crippen LogP contribution >= 0.6 is 22.6 Å². The third-order valence-corrected chi connectivity index (χ3v) is 3.02. The Balaban J connectivity index is 2.31. The van der Waals surface area contributed by atoms with E-state index < -0.39 is 0 Å². The van der Waals surface area contributed by atoms with Gasteiger partial charge in [-0.2, -0.15) is 5.26 Å². The van der Waals surface area contributed by atoms with E-state index >= 15 is 0 Å². The topological polar surface area (TPSA) is 50.1 Å². The molecule has 0 spiro atoms. The van der Waals surface area contributed by atoms with Crippen molar-refractivity contribution in [1.29, 1.82) is 5.26 Å². The summed E-state index contributed by atoms with van der Waals surface area (Å²) >= 11 is 2.20. The van der Waals surface area contributed by atoms with Gasteiger partial charge in [-0.3, -0.25) is 4.79 Å². The van der Waals surface area contributed by atoms with Crippen LogP contribution in [0.25, 0.3) is 0 Å². The van der Waals surface area contributed by atoms with Gasteiger partial charge in [0.15, 0.2) is 0 Å². The summed E-state index contributed by atoms with van der Waals surface area (Å²) in [6, 6.07) is 14.3. The van der Waals surface area contributed by atoms with Crippen LogP contribution in [0.2, 0.25) is 0 Å². The number of nitriles is 1. The molecule has 0 N–H and O–H groups in total. The fourth-order valence-electron chi connectivity index (χ4n) is 1.43. The van der Waals surface area contributed by atoms with Crippen molar-refractivity contribution in [1.82, 2.24) is 0 Å². The van der Waals surface area contributed by atoms with E-state index in [1.165, 1.54) is 6.07 Å². The fourth-order valence-corrected chi connectivity index (χ4v) is 1.79. The minimum absolute atomic E-state index is 0.346. The molecule has 3 nitrogen and oxygen atoms in total. The predicted octanol–water partition coefficient (Wildman–Crippen LogP) is 3.77. The van der Waals surface area contributed by atoms with Crippen LogP contribution in [0.5, 0.6) is 11.5 Å². The number of nitrogens with zero attached hydrogens (tertiary/aromatic N) is 1. The first-order chi connectivity index (χ1) is 8.72. The quantitative estimate of drug-likeness (QED) is 0.626. The molecule has 0 fully saturated rings. The number of hydrogen-bond donors (Lipinski definition) is 0. The number of carbonyl (C=O) groups excluding carboxylic acids is 1. The highest BCUT2D eigenvalue weighted by Crippen LogP contribution is 2.26. The van der Waals surface area contributed by atoms with E-state index in [9.17, 15) is 4.79 Å². The van der Waals surface area contributed by atoms with Crippen LogP contribution in [0.3, 0.4) is 0 Å². The summed E-state index contributed by atoms with van der Waals surface area (Å²) in [4.78, 5) is 10.6. The van der Waals surface area contributed by atoms with Crippen LogP contribution < -0.4 is 4.74 Å². The molecular weight excluding hydrogens is 341 g/mol. The SMILES string of the molecule is N#Cc1cc(C=O)ccc1Oc1ccc(I)cc1. The number of carbonyl (C=O) groups is 1. The third kappa shape index (κ3) is 2.87. The van der Waals surface area contributed by atoms with Crippen molar-refractivity contribution in [2.24, 2.45) is 0 Å². The second-order valence-corrected chi connectivity index (χ2v) is 4.79. The minimum Gasteiger partial charge on any atom is -0.456 e. The van der Waals surface area contributed by atoms with Gasteiger partial charge in [0.2, 0.25) is 0 Å². The summed E-state index contributed by atoms with van der Waals surface area (Å²) in [5.41, 5.74) is 0.805. The zero-order valence-corrected chi connectivity index (χ0v) is 11.4. The van der Waals surface area contributed by atoms with Crippen molar-refractivity contribution in [2.75, 3.05) is 0 Å². The van der Waals surface area contributed by atoms with E-state index in [2.05, 4.69) is 22.6 Å². The molecular formula is C14H8INO2. The summed E-state index contributed by atoms with van der Waals surface area (Å²) in [5, 5.41) is 9.01. The Morgan fingerprint density at radius 3 is 2.50 bits per heavy atom. The first-order valence-electron chi connectivity index (χ1n) is 5.15. The van der Waals surface area contributed by atoms with Crippen LogP contribution in [0, 0.1) is 14.9 Å². The van der Waals surface area contributed by atoms with Crippen molar-refractivity contribution >= 4 is 28.9 Å². The van der Waals surface area contributed by atoms with Crippen molar-refractivity contribution in [3.63, 3.8) is 0 Å². The molecule has 0 aromatic heterocycles. The summed E-state index contributed by atoms with van der Waals surface area (Å²) < 4.78 is 6.72. The first kappa shape index (κ1) is 12.6. The predicted molar refractivity (Wildman–Crippen MR) is 75.8 cm³/mol. The van der Waals surface area contributed by atoms with E-state index in [-0.39, 0.29) is 0 Å². The molecule has 0 unspecified atom stereocenters. The lowest BCUT2D eigenvalue weighted by atomic mass is 10.1. The van der Waals surface area contributed by atoms with Gasteiger partial charge in [-0.1, -0.05) is 0 Å². The van der Waals surface area contributed by atoms with Gasteiger partial charge in [0.05, 0.1) is 5.56 Å². The molecule has 0 saturated heterocycles. The Morgan fingerprint density at radius 1 is 1.17 bits per heavy atom. The molecule has 0 aliphatic heterocycles. The Bertz CT molecular complexity index is 615. The number of halogens is 1. The summed E-state index contributed by atoms with van der Waals surface area (Å²) in [5.74, 6) is 1.11. The average molecular weight is 349 g/mol. The normalized spacial score (nSPS) is 9.56. The van der Waals surface area contributed by atoms with Crippen LogP contribution in [0.1, 0.15) is 15.9 Å². The lowest BCUT2D eigenvalue weighted by Crippen LogP contribution is -1.90. The van der Waals surface area contributed by atoms with Crippen LogP contribution in [0.4, 0.5) is 0 Å². The molecule has 0 aliphatic rings. The lowest BCUT2D eigenvalue weighted by Gasteiger charge is -2.07. The number of aldehydes is 1. The summed E-state index contributed by atoms with van der Waals surface area (Å²) in [7, 11) is 0. The van der Waals surface area contributed by atoms with Crippen molar-refractivity contribution in [3.8, 4) is 17.6 Å². The summed E-state index contributed by atoms with van der Waals surface area (Å²) in [6.45, 7) is 0. The lowest BCUT2D eigenvalue weighted by molar-refractivity contribution is 0.112. The zero-order valence-electron chi connectivity index (χ0n) is 9.26. The fraction of sp³-hybridized carbons (Fsp3) is 0. The number of rotatable bonds is 3. The highest BCUT2D eigenvalue weighted by Gasteiger charge is 2.05. The molecule has 2 aromatic rings. The third-order valence-electron chi connectivity index (χ3n) is 2.30. The molecule has 0 heterocycles. The molecule has 0 amide bonds. The number of benzene rings is 2. The number of ether oxygens (including phenoxy) is 1. The second-order valence-electron chi connectivity index (χ2n) is 3.54. The highest BCUT2D eigenvalue weighted by atomic mass is 127. The van der Waals surface area contributed by atoms with Gasteiger partial charge in [0.25, 0.3) is 0 Å². The smallest absolute Gasteiger partial charge is 0.150 e. The monoisotopic (exact) mass is 349 g/mol. The van der Waals surface area contributed by atoms with Gasteiger partial charge < -0.3 is 4.74 Å². The number of hydrogen-bond acceptors (Lipinski definition) is 3. The molecule has 18 heavy (non-hydrogen) atoms. The van der Waals surface area contributed by atoms with Crippen LogP contribution in [-0.4, -0.2) is 6.29 Å². The Morgan fingerprint density at radius 2 is 1.89 bits per heavy atom. The zero-order chi connectivity index (χ0) is 13.0. The second kappa shape index (κ2) is 5.65. The standard InChI is InChI=1S/C14H8INO2/c15-12-2-4-13(5-3-12)18-14-6-1-10(9-17)7-11(14)8-16/h1-7,9H. The van der Waals surface area contributed by atoms with Gasteiger partial charge >= 0.3 is 0 Å². The van der Waals surface area contributed by atoms with Crippen LogP contribution in [-0.2, 0) is 0 Å². The van der Waals surface area contributed by atoms with E-state index in [1.807, 2.05) is 30.3 Å². The molecule has 4 heteroatoms. The van der Waals surface area contributed by atoms with Crippen molar-refractivity contribution < 1.29 is 9.53 Å². The molecule has 0 atom stereocenters. The first-order valence-corrected chi connectivity index (χ1v) is 6.23. The molecule has 0 saturated carbocycles. The maximum atomic E-state index is 10.6. The van der Waals surface area contributed by atoms with E-state index in [4.69, 9.17) is 10.00 Å². The van der Waals surface area contributed by atoms with Gasteiger partial charge in [-0.15, -0.1) is 0 Å². The molecule has 2 rings (SSSR count). The Kier molecular flexibility index (Phi) is 3.95. The van der Waals surface area contributed by atoms with Crippen LogP contribution in [0.15, 0.2) is 42.5 Å².